The number of carbonyl (C=O) groups excluding carboxylic acids is 1. The van der Waals surface area contributed by atoms with E-state index >= 15 is 0 Å². The van der Waals surface area contributed by atoms with Crippen LogP contribution in [0.1, 0.15) is 25.7 Å². The van der Waals surface area contributed by atoms with Crippen molar-refractivity contribution in [2.45, 2.75) is 43.9 Å². The number of aliphatic hydroxyl groups excluding tert-OH is 1. The van der Waals surface area contributed by atoms with Gasteiger partial charge in [0, 0.05) is 18.7 Å². The molecule has 5 nitrogen and oxygen atoms in total. The van der Waals surface area contributed by atoms with Gasteiger partial charge in [0.15, 0.2) is 0 Å². The van der Waals surface area contributed by atoms with Crippen LogP contribution in [0, 0.1) is 0 Å². The molecule has 3 atom stereocenters. The lowest BCUT2D eigenvalue weighted by Gasteiger charge is -2.28. The third-order valence-electron chi connectivity index (χ3n) is 4.26. The topological polar surface area (TPSA) is 55.8 Å². The Bertz CT molecular complexity index is 351. The second-order valence-corrected chi connectivity index (χ2v) is 6.16. The quantitative estimate of drug-likeness (QED) is 0.707. The van der Waals surface area contributed by atoms with Crippen molar-refractivity contribution in [3.63, 3.8) is 0 Å². The molecular weight excluding hydrogens is 254 g/mol. The van der Waals surface area contributed by atoms with E-state index in [9.17, 15) is 9.90 Å². The lowest BCUT2D eigenvalue weighted by molar-refractivity contribution is -0.118. The van der Waals surface area contributed by atoms with Gasteiger partial charge in [-0.3, -0.25) is 9.69 Å². The standard InChI is InChI=1S/C15H27N3O2/c1-17(2)9-5-6-14(19)16-12-7-8-13(15(12)20)18-10-3-4-11-18/h5-6,12-13,15,20H,3-4,7-11H2,1-2H3,(H,16,19)/b6-5+/t12-,13-,15-/m1/s1. The molecule has 114 valence electrons. The van der Waals surface area contributed by atoms with Gasteiger partial charge in [0.25, 0.3) is 0 Å². The summed E-state index contributed by atoms with van der Waals surface area (Å²) in [6.07, 6.45) is 7.29. The second-order valence-electron chi connectivity index (χ2n) is 6.16. The van der Waals surface area contributed by atoms with Crippen molar-refractivity contribution in [3.8, 4) is 0 Å². The predicted octanol–water partition coefficient (Wildman–Crippen LogP) is 0.208. The van der Waals surface area contributed by atoms with E-state index in [0.29, 0.717) is 0 Å². The van der Waals surface area contributed by atoms with Crippen molar-refractivity contribution in [3.05, 3.63) is 12.2 Å². The van der Waals surface area contributed by atoms with Crippen molar-refractivity contribution < 1.29 is 9.90 Å². The Labute approximate surface area is 121 Å². The molecule has 1 aliphatic carbocycles. The summed E-state index contributed by atoms with van der Waals surface area (Å²) in [5.41, 5.74) is 0. The van der Waals surface area contributed by atoms with Crippen LogP contribution in [-0.4, -0.2) is 72.7 Å². The van der Waals surface area contributed by atoms with Crippen molar-refractivity contribution >= 4 is 5.91 Å². The van der Waals surface area contributed by atoms with Crippen molar-refractivity contribution in [2.75, 3.05) is 33.7 Å². The molecule has 5 heteroatoms. The van der Waals surface area contributed by atoms with E-state index in [-0.39, 0.29) is 18.0 Å². The predicted molar refractivity (Wildman–Crippen MR) is 79.5 cm³/mol. The van der Waals surface area contributed by atoms with E-state index < -0.39 is 6.10 Å². The second kappa shape index (κ2) is 7.20. The van der Waals surface area contributed by atoms with Gasteiger partial charge in [0.05, 0.1) is 12.1 Å². The summed E-state index contributed by atoms with van der Waals surface area (Å²) in [5.74, 6) is -0.0991. The maximum absolute atomic E-state index is 11.8. The van der Waals surface area contributed by atoms with Gasteiger partial charge in [-0.25, -0.2) is 0 Å². The van der Waals surface area contributed by atoms with Gasteiger partial charge in [-0.2, -0.15) is 0 Å². The maximum Gasteiger partial charge on any atom is 0.244 e. The number of nitrogens with one attached hydrogen (secondary N) is 1. The van der Waals surface area contributed by atoms with Gasteiger partial charge >= 0.3 is 0 Å². The molecule has 1 saturated carbocycles. The fourth-order valence-corrected chi connectivity index (χ4v) is 3.19. The number of hydrogen-bond donors (Lipinski definition) is 2. The molecule has 1 saturated heterocycles. The highest BCUT2D eigenvalue weighted by Gasteiger charge is 2.39. The lowest BCUT2D eigenvalue weighted by atomic mass is 10.1. The largest absolute Gasteiger partial charge is 0.389 e. The monoisotopic (exact) mass is 281 g/mol. The van der Waals surface area contributed by atoms with Crippen molar-refractivity contribution in [2.24, 2.45) is 0 Å². The number of likely N-dealkylation sites (N-methyl/N-ethyl adjacent to an activating group) is 1. The number of amides is 1. The summed E-state index contributed by atoms with van der Waals surface area (Å²) < 4.78 is 0. The Morgan fingerprint density at radius 2 is 2.05 bits per heavy atom. The number of hydrogen-bond acceptors (Lipinski definition) is 4. The Hall–Kier alpha value is -0.910. The summed E-state index contributed by atoms with van der Waals surface area (Å²) in [4.78, 5) is 16.2. The van der Waals surface area contributed by atoms with Crippen LogP contribution in [-0.2, 0) is 4.79 Å². The zero-order valence-corrected chi connectivity index (χ0v) is 12.6. The molecular formula is C15H27N3O2. The van der Waals surface area contributed by atoms with Crippen LogP contribution in [0.15, 0.2) is 12.2 Å². The van der Waals surface area contributed by atoms with Crippen LogP contribution in [0.2, 0.25) is 0 Å². The molecule has 0 radical (unpaired) electrons. The number of carbonyl (C=O) groups is 1. The van der Waals surface area contributed by atoms with E-state index in [1.54, 1.807) is 6.08 Å². The molecule has 20 heavy (non-hydrogen) atoms. The molecule has 2 aliphatic rings. The van der Waals surface area contributed by atoms with Crippen LogP contribution in [0.25, 0.3) is 0 Å². The summed E-state index contributed by atoms with van der Waals surface area (Å²) in [7, 11) is 3.92. The molecule has 1 amide bonds. The van der Waals surface area contributed by atoms with Crippen molar-refractivity contribution in [1.29, 1.82) is 0 Å². The first kappa shape index (κ1) is 15.5. The average molecular weight is 281 g/mol. The Morgan fingerprint density at radius 1 is 1.35 bits per heavy atom. The van der Waals surface area contributed by atoms with Crippen LogP contribution >= 0.6 is 0 Å². The molecule has 0 bridgehead atoms. The number of aliphatic hydroxyl groups is 1. The highest BCUT2D eigenvalue weighted by Crippen LogP contribution is 2.27. The first-order valence-corrected chi connectivity index (χ1v) is 7.62. The van der Waals surface area contributed by atoms with Crippen LogP contribution in [0.4, 0.5) is 0 Å². The Balaban J connectivity index is 1.79. The first-order chi connectivity index (χ1) is 9.58. The third kappa shape index (κ3) is 4.04. The van der Waals surface area contributed by atoms with E-state index in [0.717, 1.165) is 32.5 Å². The summed E-state index contributed by atoms with van der Waals surface area (Å²) in [6.45, 7) is 2.92. The molecule has 2 N–H and O–H groups in total. The number of rotatable bonds is 5. The van der Waals surface area contributed by atoms with Crippen LogP contribution in [0.5, 0.6) is 0 Å². The smallest absolute Gasteiger partial charge is 0.244 e. The molecule has 0 aromatic carbocycles. The molecule has 1 aliphatic heterocycles. The van der Waals surface area contributed by atoms with E-state index in [2.05, 4.69) is 10.2 Å². The minimum atomic E-state index is -0.431. The van der Waals surface area contributed by atoms with Crippen molar-refractivity contribution in [1.82, 2.24) is 15.1 Å². The van der Waals surface area contributed by atoms with Gasteiger partial charge in [0.1, 0.15) is 0 Å². The maximum atomic E-state index is 11.8. The highest BCUT2D eigenvalue weighted by atomic mass is 16.3. The molecule has 0 spiro atoms. The molecule has 0 aromatic rings. The Morgan fingerprint density at radius 3 is 2.70 bits per heavy atom. The van der Waals surface area contributed by atoms with Gasteiger partial charge in [-0.15, -0.1) is 0 Å². The number of nitrogens with zero attached hydrogens (tertiary/aromatic N) is 2. The number of likely N-dealkylation sites (tertiary alicyclic amines) is 1. The highest BCUT2D eigenvalue weighted by molar-refractivity contribution is 5.87. The van der Waals surface area contributed by atoms with Gasteiger partial charge < -0.3 is 15.3 Å². The summed E-state index contributed by atoms with van der Waals surface area (Å²) in [6, 6.07) is 0.130. The fourth-order valence-electron chi connectivity index (χ4n) is 3.19. The van der Waals surface area contributed by atoms with Gasteiger partial charge in [-0.05, 0) is 52.9 Å². The molecule has 2 rings (SSSR count). The normalized spacial score (nSPS) is 31.5. The van der Waals surface area contributed by atoms with Crippen LogP contribution < -0.4 is 5.32 Å². The lowest BCUT2D eigenvalue weighted by Crippen LogP contribution is -2.47. The SMILES string of the molecule is CN(C)C/C=C/C(=O)N[C@@H]1CC[C@@H](N2CCCC2)[C@@H]1O. The summed E-state index contributed by atoms with van der Waals surface area (Å²) in [5, 5.41) is 13.3. The molecule has 0 unspecified atom stereocenters. The van der Waals surface area contributed by atoms with E-state index in [4.69, 9.17) is 0 Å². The zero-order chi connectivity index (χ0) is 14.5. The van der Waals surface area contributed by atoms with Gasteiger partial charge in [0.2, 0.25) is 5.91 Å². The first-order valence-electron chi connectivity index (χ1n) is 7.62. The van der Waals surface area contributed by atoms with E-state index in [1.807, 2.05) is 25.1 Å². The Kier molecular flexibility index (Phi) is 5.57. The van der Waals surface area contributed by atoms with Gasteiger partial charge in [-0.1, -0.05) is 6.08 Å². The van der Waals surface area contributed by atoms with Crippen LogP contribution in [0.3, 0.4) is 0 Å². The minimum absolute atomic E-state index is 0.0991. The van der Waals surface area contributed by atoms with E-state index in [1.165, 1.54) is 12.8 Å². The third-order valence-corrected chi connectivity index (χ3v) is 4.26. The fraction of sp³-hybridized carbons (Fsp3) is 0.800. The average Bonchev–Trinajstić information content (AvgIpc) is 3.00. The molecule has 1 heterocycles. The molecule has 0 aromatic heterocycles. The minimum Gasteiger partial charge on any atom is -0.389 e. The zero-order valence-electron chi connectivity index (χ0n) is 12.6. The molecule has 2 fully saturated rings. The summed E-state index contributed by atoms with van der Waals surface area (Å²) >= 11 is 0.